The largest absolute Gasteiger partial charge is 0.485 e. The molecule has 2 atom stereocenters. The van der Waals surface area contributed by atoms with Gasteiger partial charge in [-0.25, -0.2) is 4.98 Å². The molecule has 1 aliphatic heterocycles. The Labute approximate surface area is 136 Å². The molecule has 0 saturated heterocycles. The highest BCUT2D eigenvalue weighted by atomic mass is 32.1. The van der Waals surface area contributed by atoms with E-state index in [-0.39, 0.29) is 12.5 Å². The van der Waals surface area contributed by atoms with Crippen LogP contribution in [0.4, 0.5) is 5.13 Å². The van der Waals surface area contributed by atoms with Crippen molar-refractivity contribution in [2.45, 2.75) is 19.1 Å². The summed E-state index contributed by atoms with van der Waals surface area (Å²) in [5.74, 6) is 0.372. The number of anilines is 1. The number of thiazole rings is 1. The quantitative estimate of drug-likeness (QED) is 0.883. The Morgan fingerprint density at radius 2 is 2.13 bits per heavy atom. The van der Waals surface area contributed by atoms with Gasteiger partial charge in [0.25, 0.3) is 5.91 Å². The number of carbonyl (C=O) groups is 2. The van der Waals surface area contributed by atoms with Gasteiger partial charge in [-0.2, -0.15) is 0 Å². The molecule has 1 aliphatic rings. The van der Waals surface area contributed by atoms with Crippen molar-refractivity contribution in [2.24, 2.45) is 0 Å². The lowest BCUT2D eigenvalue weighted by atomic mass is 10.2. The third-order valence-corrected chi connectivity index (χ3v) is 3.90. The van der Waals surface area contributed by atoms with Gasteiger partial charge in [-0.1, -0.05) is 12.1 Å². The lowest BCUT2D eigenvalue weighted by Gasteiger charge is -2.26. The maximum atomic E-state index is 12.2. The van der Waals surface area contributed by atoms with Crippen molar-refractivity contribution in [1.29, 1.82) is 0 Å². The van der Waals surface area contributed by atoms with Gasteiger partial charge in [0.05, 0.1) is 0 Å². The monoisotopic (exact) mass is 333 g/mol. The second-order valence-electron chi connectivity index (χ2n) is 4.92. The minimum absolute atomic E-state index is 0.101. The molecule has 23 heavy (non-hydrogen) atoms. The Bertz CT molecular complexity index is 705. The van der Waals surface area contributed by atoms with Crippen molar-refractivity contribution in [3.8, 4) is 11.5 Å². The predicted molar refractivity (Wildman–Crippen MR) is 84.7 cm³/mol. The van der Waals surface area contributed by atoms with Crippen LogP contribution in [0.3, 0.4) is 0 Å². The summed E-state index contributed by atoms with van der Waals surface area (Å²) < 4.78 is 11.1. The molecule has 3 rings (SSSR count). The van der Waals surface area contributed by atoms with Crippen LogP contribution < -0.4 is 20.1 Å². The van der Waals surface area contributed by atoms with Crippen LogP contribution in [0.5, 0.6) is 11.5 Å². The molecule has 0 saturated carbocycles. The number of nitrogens with one attached hydrogen (secondary N) is 2. The molecule has 1 unspecified atom stereocenters. The van der Waals surface area contributed by atoms with Gasteiger partial charge in [-0.05, 0) is 19.1 Å². The van der Waals surface area contributed by atoms with Gasteiger partial charge in [0.1, 0.15) is 12.6 Å². The predicted octanol–water partition coefficient (Wildman–Crippen LogP) is 1.43. The zero-order valence-electron chi connectivity index (χ0n) is 12.3. The van der Waals surface area contributed by atoms with Crippen molar-refractivity contribution in [3.05, 3.63) is 35.8 Å². The van der Waals surface area contributed by atoms with Gasteiger partial charge in [-0.3, -0.25) is 9.59 Å². The maximum absolute atomic E-state index is 12.2. The smallest absolute Gasteiger partial charge is 0.265 e. The van der Waals surface area contributed by atoms with Crippen LogP contribution in [-0.2, 0) is 9.59 Å². The van der Waals surface area contributed by atoms with Gasteiger partial charge in [-0.15, -0.1) is 11.3 Å². The molecular formula is C15H15N3O4S. The van der Waals surface area contributed by atoms with Gasteiger partial charge in [0.15, 0.2) is 16.6 Å². The van der Waals surface area contributed by atoms with Crippen LogP contribution in [0.25, 0.3) is 0 Å². The van der Waals surface area contributed by atoms with E-state index in [1.54, 1.807) is 36.7 Å². The Morgan fingerprint density at radius 1 is 1.35 bits per heavy atom. The first-order chi connectivity index (χ1) is 11.1. The summed E-state index contributed by atoms with van der Waals surface area (Å²) in [5.41, 5.74) is 0. The number of hydrogen-bond donors (Lipinski definition) is 2. The first-order valence-corrected chi connectivity index (χ1v) is 7.90. The highest BCUT2D eigenvalue weighted by molar-refractivity contribution is 7.13. The van der Waals surface area contributed by atoms with Crippen LogP contribution >= 0.6 is 11.3 Å². The van der Waals surface area contributed by atoms with E-state index >= 15 is 0 Å². The summed E-state index contributed by atoms with van der Waals surface area (Å²) in [5, 5.41) is 7.48. The number of nitrogens with zero attached hydrogens (tertiary/aromatic N) is 1. The molecule has 0 spiro atoms. The fraction of sp³-hybridized carbons (Fsp3) is 0.267. The molecule has 0 fully saturated rings. The number of ether oxygens (including phenoxy) is 2. The zero-order chi connectivity index (χ0) is 16.2. The highest BCUT2D eigenvalue weighted by Crippen LogP contribution is 2.30. The lowest BCUT2D eigenvalue weighted by molar-refractivity contribution is -0.133. The second kappa shape index (κ2) is 6.66. The van der Waals surface area contributed by atoms with E-state index < -0.39 is 18.1 Å². The van der Waals surface area contributed by atoms with E-state index in [9.17, 15) is 9.59 Å². The van der Waals surface area contributed by atoms with Gasteiger partial charge >= 0.3 is 0 Å². The lowest BCUT2D eigenvalue weighted by Crippen LogP contribution is -2.50. The third kappa shape index (κ3) is 3.59. The molecule has 120 valence electrons. The standard InChI is InChI=1S/C15H15N3O4S/c1-9(13(19)18-15-16-6-7-23-15)17-14(20)12-8-21-10-4-2-3-5-11(10)22-12/h2-7,9,12H,8H2,1H3,(H,17,20)(H,16,18,19)/t9-,12?/m1/s1. The Balaban J connectivity index is 1.56. The van der Waals surface area contributed by atoms with E-state index in [4.69, 9.17) is 9.47 Å². The molecule has 8 heteroatoms. The molecule has 2 heterocycles. The third-order valence-electron chi connectivity index (χ3n) is 3.22. The van der Waals surface area contributed by atoms with Crippen molar-refractivity contribution in [3.63, 3.8) is 0 Å². The summed E-state index contributed by atoms with van der Waals surface area (Å²) in [7, 11) is 0. The number of aromatic nitrogens is 1. The fourth-order valence-corrected chi connectivity index (χ4v) is 2.55. The molecule has 0 bridgehead atoms. The van der Waals surface area contributed by atoms with Crippen LogP contribution in [0, 0.1) is 0 Å². The summed E-state index contributed by atoms with van der Waals surface area (Å²) in [4.78, 5) is 28.2. The molecule has 2 N–H and O–H groups in total. The second-order valence-corrected chi connectivity index (χ2v) is 5.82. The summed E-state index contributed by atoms with van der Waals surface area (Å²) >= 11 is 1.31. The average molecular weight is 333 g/mol. The minimum atomic E-state index is -0.792. The molecule has 1 aromatic heterocycles. The summed E-state index contributed by atoms with van der Waals surface area (Å²) in [6.07, 6.45) is 0.800. The zero-order valence-corrected chi connectivity index (χ0v) is 13.1. The topological polar surface area (TPSA) is 89.5 Å². The Kier molecular flexibility index (Phi) is 4.42. The van der Waals surface area contributed by atoms with Crippen LogP contribution in [0.2, 0.25) is 0 Å². The molecule has 0 radical (unpaired) electrons. The number of benzene rings is 1. The van der Waals surface area contributed by atoms with Crippen molar-refractivity contribution in [1.82, 2.24) is 10.3 Å². The van der Waals surface area contributed by atoms with E-state index in [1.165, 1.54) is 11.3 Å². The van der Waals surface area contributed by atoms with Gasteiger partial charge < -0.3 is 20.1 Å². The number of hydrogen-bond acceptors (Lipinski definition) is 6. The van der Waals surface area contributed by atoms with E-state index in [0.717, 1.165) is 0 Å². The molecule has 7 nitrogen and oxygen atoms in total. The number of carbonyl (C=O) groups excluding carboxylic acids is 2. The molecule has 0 aliphatic carbocycles. The first-order valence-electron chi connectivity index (χ1n) is 7.02. The van der Waals surface area contributed by atoms with Crippen molar-refractivity contribution >= 4 is 28.3 Å². The van der Waals surface area contributed by atoms with Gasteiger partial charge in [0, 0.05) is 11.6 Å². The minimum Gasteiger partial charge on any atom is -0.485 e. The molecular weight excluding hydrogens is 318 g/mol. The average Bonchev–Trinajstić information content (AvgIpc) is 3.07. The van der Waals surface area contributed by atoms with Crippen molar-refractivity contribution < 1.29 is 19.1 Å². The SMILES string of the molecule is C[C@@H](NC(=O)C1COc2ccccc2O1)C(=O)Nc1nccs1. The maximum Gasteiger partial charge on any atom is 0.265 e. The first kappa shape index (κ1) is 15.3. The van der Waals surface area contributed by atoms with E-state index in [2.05, 4.69) is 15.6 Å². The number of para-hydroxylation sites is 2. The van der Waals surface area contributed by atoms with Crippen LogP contribution in [0.1, 0.15) is 6.92 Å². The number of amides is 2. The van der Waals surface area contributed by atoms with E-state index in [1.807, 2.05) is 6.07 Å². The highest BCUT2D eigenvalue weighted by Gasteiger charge is 2.29. The number of rotatable bonds is 4. The van der Waals surface area contributed by atoms with Gasteiger partial charge in [0.2, 0.25) is 12.0 Å². The summed E-state index contributed by atoms with van der Waals surface area (Å²) in [6, 6.07) is 6.41. The fourth-order valence-electron chi connectivity index (χ4n) is 2.02. The number of fused-ring (bicyclic) bond motifs is 1. The Morgan fingerprint density at radius 3 is 2.87 bits per heavy atom. The molecule has 2 amide bonds. The van der Waals surface area contributed by atoms with Crippen LogP contribution in [-0.4, -0.2) is 35.6 Å². The molecule has 2 aromatic rings. The molecule has 1 aromatic carbocycles. The van der Waals surface area contributed by atoms with Crippen molar-refractivity contribution in [2.75, 3.05) is 11.9 Å². The Hall–Kier alpha value is -2.61. The normalized spacial score (nSPS) is 17.2. The summed E-state index contributed by atoms with van der Waals surface area (Å²) in [6.45, 7) is 1.70. The van der Waals surface area contributed by atoms with Crippen LogP contribution in [0.15, 0.2) is 35.8 Å². The van der Waals surface area contributed by atoms with E-state index in [0.29, 0.717) is 16.6 Å².